The number of aromatic nitrogens is 1. The highest BCUT2D eigenvalue weighted by atomic mass is 32.2. The fraction of sp³-hybridized carbons (Fsp3) is 0.160. The van der Waals surface area contributed by atoms with Gasteiger partial charge in [0, 0.05) is 12.1 Å². The van der Waals surface area contributed by atoms with E-state index in [-0.39, 0.29) is 21.7 Å². The summed E-state index contributed by atoms with van der Waals surface area (Å²) in [6.45, 7) is 2.39. The quantitative estimate of drug-likeness (QED) is 0.402. The first kappa shape index (κ1) is 21.6. The van der Waals surface area contributed by atoms with Crippen LogP contribution in [0.15, 0.2) is 93.2 Å². The van der Waals surface area contributed by atoms with Gasteiger partial charge in [-0.1, -0.05) is 48.0 Å². The highest BCUT2D eigenvalue weighted by Crippen LogP contribution is 2.32. The molecule has 7 heteroatoms. The number of hydrogen-bond acceptors (Lipinski definition) is 6. The Morgan fingerprint density at radius 3 is 2.28 bits per heavy atom. The number of anilines is 1. The zero-order valence-electron chi connectivity index (χ0n) is 17.9. The summed E-state index contributed by atoms with van der Waals surface area (Å²) in [5.74, 6) is 1.18. The molecule has 0 aliphatic heterocycles. The molecule has 164 valence electrons. The molecule has 0 bridgehead atoms. The summed E-state index contributed by atoms with van der Waals surface area (Å²) >= 11 is 0. The van der Waals surface area contributed by atoms with Crippen LogP contribution in [0.3, 0.4) is 0 Å². The van der Waals surface area contributed by atoms with Crippen molar-refractivity contribution in [3.63, 3.8) is 0 Å². The summed E-state index contributed by atoms with van der Waals surface area (Å²) in [5.41, 5.74) is 2.77. The maximum absolute atomic E-state index is 13.3. The maximum atomic E-state index is 13.3. The van der Waals surface area contributed by atoms with Crippen molar-refractivity contribution in [3.8, 4) is 17.2 Å². The smallest absolute Gasteiger partial charge is 0.233 e. The molecule has 1 heterocycles. The van der Waals surface area contributed by atoms with E-state index in [2.05, 4.69) is 10.3 Å². The Morgan fingerprint density at radius 2 is 1.62 bits per heavy atom. The van der Waals surface area contributed by atoms with Crippen molar-refractivity contribution >= 4 is 15.7 Å². The Morgan fingerprint density at radius 1 is 0.938 bits per heavy atom. The number of aryl methyl sites for hydroxylation is 1. The highest BCUT2D eigenvalue weighted by molar-refractivity contribution is 7.91. The van der Waals surface area contributed by atoms with E-state index in [0.29, 0.717) is 18.5 Å². The number of hydrogen-bond donors (Lipinski definition) is 1. The van der Waals surface area contributed by atoms with E-state index in [1.165, 1.54) is 0 Å². The lowest BCUT2D eigenvalue weighted by Crippen LogP contribution is -2.09. The van der Waals surface area contributed by atoms with Gasteiger partial charge in [0.1, 0.15) is 5.75 Å². The third kappa shape index (κ3) is 4.68. The molecule has 4 rings (SSSR count). The number of ether oxygens (including phenoxy) is 1. The molecule has 0 aliphatic rings. The molecule has 0 spiro atoms. The van der Waals surface area contributed by atoms with Crippen LogP contribution in [0.25, 0.3) is 11.5 Å². The Kier molecular flexibility index (Phi) is 6.28. The van der Waals surface area contributed by atoms with Crippen LogP contribution in [0.1, 0.15) is 11.1 Å². The zero-order chi connectivity index (χ0) is 22.6. The van der Waals surface area contributed by atoms with Gasteiger partial charge >= 0.3 is 0 Å². The summed E-state index contributed by atoms with van der Waals surface area (Å²) in [6, 6.07) is 23.7. The van der Waals surface area contributed by atoms with Crippen LogP contribution in [0.2, 0.25) is 0 Å². The molecule has 1 aromatic heterocycles. The minimum atomic E-state index is -3.86. The van der Waals surface area contributed by atoms with E-state index in [1.807, 2.05) is 61.5 Å². The van der Waals surface area contributed by atoms with E-state index in [0.717, 1.165) is 16.9 Å². The number of sulfone groups is 1. The molecule has 32 heavy (non-hydrogen) atoms. The molecule has 0 saturated carbocycles. The normalized spacial score (nSPS) is 11.3. The van der Waals surface area contributed by atoms with E-state index < -0.39 is 9.84 Å². The Labute approximate surface area is 187 Å². The monoisotopic (exact) mass is 448 g/mol. The third-order valence-corrected chi connectivity index (χ3v) is 6.74. The number of methoxy groups -OCH3 is 1. The summed E-state index contributed by atoms with van der Waals surface area (Å²) in [5, 5.41) is 3.01. The molecule has 3 aromatic carbocycles. The van der Waals surface area contributed by atoms with E-state index in [4.69, 9.17) is 9.15 Å². The average molecular weight is 449 g/mol. The Bertz CT molecular complexity index is 1280. The van der Waals surface area contributed by atoms with Gasteiger partial charge in [0.25, 0.3) is 0 Å². The van der Waals surface area contributed by atoms with Crippen molar-refractivity contribution in [2.75, 3.05) is 19.0 Å². The van der Waals surface area contributed by atoms with Gasteiger partial charge in [0.2, 0.25) is 26.6 Å². The molecule has 0 radical (unpaired) electrons. The lowest BCUT2D eigenvalue weighted by atomic mass is 10.1. The summed E-state index contributed by atoms with van der Waals surface area (Å²) in [7, 11) is -2.24. The van der Waals surface area contributed by atoms with Crippen LogP contribution < -0.4 is 10.1 Å². The van der Waals surface area contributed by atoms with Gasteiger partial charge in [-0.25, -0.2) is 8.42 Å². The molecule has 1 N–H and O–H groups in total. The summed E-state index contributed by atoms with van der Waals surface area (Å²) < 4.78 is 37.7. The summed E-state index contributed by atoms with van der Waals surface area (Å²) in [4.78, 5) is 4.54. The van der Waals surface area contributed by atoms with Crippen LogP contribution in [0.5, 0.6) is 5.75 Å². The fourth-order valence-corrected chi connectivity index (χ4v) is 4.52. The number of rotatable bonds is 8. The largest absolute Gasteiger partial charge is 0.497 e. The van der Waals surface area contributed by atoms with Gasteiger partial charge in [-0.3, -0.25) is 0 Å². The highest BCUT2D eigenvalue weighted by Gasteiger charge is 2.28. The van der Waals surface area contributed by atoms with Crippen LogP contribution in [-0.2, 0) is 16.3 Å². The third-order valence-electron chi connectivity index (χ3n) is 5.06. The fourth-order valence-electron chi connectivity index (χ4n) is 3.25. The minimum Gasteiger partial charge on any atom is -0.497 e. The lowest BCUT2D eigenvalue weighted by molar-refractivity contribution is 0.414. The first-order valence-electron chi connectivity index (χ1n) is 10.2. The molecule has 0 fully saturated rings. The molecule has 0 saturated heterocycles. The molecular weight excluding hydrogens is 424 g/mol. The van der Waals surface area contributed by atoms with Gasteiger partial charge in [-0.15, -0.1) is 0 Å². The second kappa shape index (κ2) is 9.28. The van der Waals surface area contributed by atoms with Gasteiger partial charge in [0.15, 0.2) is 0 Å². The molecule has 0 atom stereocenters. The van der Waals surface area contributed by atoms with Crippen molar-refractivity contribution < 1.29 is 17.6 Å². The zero-order valence-corrected chi connectivity index (χ0v) is 18.7. The van der Waals surface area contributed by atoms with Gasteiger partial charge < -0.3 is 14.5 Å². The van der Waals surface area contributed by atoms with Gasteiger partial charge in [-0.2, -0.15) is 4.98 Å². The van der Waals surface area contributed by atoms with Crippen LogP contribution in [0.4, 0.5) is 5.88 Å². The summed E-state index contributed by atoms with van der Waals surface area (Å²) in [6.07, 6.45) is 0.676. The van der Waals surface area contributed by atoms with Crippen molar-refractivity contribution in [1.82, 2.24) is 4.98 Å². The van der Waals surface area contributed by atoms with E-state index in [9.17, 15) is 8.42 Å². The van der Waals surface area contributed by atoms with Crippen LogP contribution in [0, 0.1) is 6.92 Å². The van der Waals surface area contributed by atoms with E-state index >= 15 is 0 Å². The topological polar surface area (TPSA) is 81.4 Å². The van der Waals surface area contributed by atoms with Crippen molar-refractivity contribution in [3.05, 3.63) is 90.0 Å². The van der Waals surface area contributed by atoms with Crippen LogP contribution in [-0.4, -0.2) is 27.1 Å². The maximum Gasteiger partial charge on any atom is 0.233 e. The average Bonchev–Trinajstić information content (AvgIpc) is 3.25. The predicted octanol–water partition coefficient (Wildman–Crippen LogP) is 5.15. The number of benzene rings is 3. The number of oxazole rings is 1. The Balaban J connectivity index is 1.63. The first-order chi connectivity index (χ1) is 15.5. The SMILES string of the molecule is COc1ccc(CCNc2oc(-c3ccccc3)nc2S(=O)(=O)c2ccc(C)cc2)cc1. The van der Waals surface area contributed by atoms with Gasteiger partial charge in [0.05, 0.1) is 12.0 Å². The number of nitrogens with zero attached hydrogens (tertiary/aromatic N) is 1. The number of nitrogens with one attached hydrogen (secondary N) is 1. The van der Waals surface area contributed by atoms with Crippen molar-refractivity contribution in [2.24, 2.45) is 0 Å². The molecule has 0 aliphatic carbocycles. The van der Waals surface area contributed by atoms with Gasteiger partial charge in [-0.05, 0) is 55.3 Å². The Hall–Kier alpha value is -3.58. The standard InChI is InChI=1S/C25H24N2O4S/c1-18-8-14-22(15-9-18)32(28,29)25-24(31-23(27-25)20-6-4-3-5-7-20)26-17-16-19-10-12-21(30-2)13-11-19/h3-15,26H,16-17H2,1-2H3. The molecule has 0 unspecified atom stereocenters. The van der Waals surface area contributed by atoms with Crippen molar-refractivity contribution in [1.29, 1.82) is 0 Å². The second-order valence-corrected chi connectivity index (χ2v) is 9.23. The van der Waals surface area contributed by atoms with Crippen LogP contribution >= 0.6 is 0 Å². The molecule has 6 nitrogen and oxygen atoms in total. The van der Waals surface area contributed by atoms with E-state index in [1.54, 1.807) is 31.4 Å². The minimum absolute atomic E-state index is 0.116. The lowest BCUT2D eigenvalue weighted by Gasteiger charge is -2.07. The molecular formula is C25H24N2O4S. The first-order valence-corrected chi connectivity index (χ1v) is 11.7. The van der Waals surface area contributed by atoms with Crippen molar-refractivity contribution in [2.45, 2.75) is 23.3 Å². The predicted molar refractivity (Wildman–Crippen MR) is 124 cm³/mol. The second-order valence-electron chi connectivity index (χ2n) is 7.36. The molecule has 4 aromatic rings. The molecule has 0 amide bonds.